The van der Waals surface area contributed by atoms with Gasteiger partial charge in [-0.05, 0) is 30.5 Å². The molecule has 4 nitrogen and oxygen atoms in total. The largest absolute Gasteiger partial charge is 0.338 e. The van der Waals surface area contributed by atoms with Crippen molar-refractivity contribution in [3.05, 3.63) is 66.2 Å². The summed E-state index contributed by atoms with van der Waals surface area (Å²) in [5.41, 5.74) is 9.33. The first-order valence-electron chi connectivity index (χ1n) is 9.04. The quantitative estimate of drug-likeness (QED) is 0.787. The number of benzene rings is 2. The molecule has 4 rings (SSSR count). The van der Waals surface area contributed by atoms with Crippen molar-refractivity contribution in [2.75, 3.05) is 19.6 Å². The molecule has 0 aliphatic carbocycles. The lowest BCUT2D eigenvalue weighted by molar-refractivity contribution is 0.0779. The van der Waals surface area contributed by atoms with E-state index < -0.39 is 0 Å². The van der Waals surface area contributed by atoms with Crippen molar-refractivity contribution in [1.29, 1.82) is 0 Å². The summed E-state index contributed by atoms with van der Waals surface area (Å²) in [6.45, 7) is 4.22. The summed E-state index contributed by atoms with van der Waals surface area (Å²) in [5, 5.41) is 0.901. The van der Waals surface area contributed by atoms with E-state index in [9.17, 15) is 4.79 Å². The van der Waals surface area contributed by atoms with Gasteiger partial charge in [-0.2, -0.15) is 0 Å². The second-order valence-electron chi connectivity index (χ2n) is 7.43. The number of aromatic nitrogens is 1. The Bertz CT molecular complexity index is 954. The normalized spacial score (nSPS) is 19.8. The van der Waals surface area contributed by atoms with Crippen molar-refractivity contribution in [2.24, 2.45) is 11.1 Å². The number of nitrogens with zero attached hydrogens (tertiary/aromatic N) is 2. The highest BCUT2D eigenvalue weighted by molar-refractivity contribution is 6.07. The summed E-state index contributed by atoms with van der Waals surface area (Å²) in [5.74, 6) is 0.0676. The zero-order chi connectivity index (χ0) is 18.1. The molecule has 4 heteroatoms. The van der Waals surface area contributed by atoms with Gasteiger partial charge in [0.15, 0.2) is 0 Å². The fraction of sp³-hybridized carbons (Fsp3) is 0.273. The number of carbonyl (C=O) groups is 1. The molecule has 0 saturated carbocycles. The van der Waals surface area contributed by atoms with Crippen molar-refractivity contribution >= 4 is 16.8 Å². The molecule has 0 spiro atoms. The van der Waals surface area contributed by atoms with Gasteiger partial charge in [0.1, 0.15) is 0 Å². The fourth-order valence-electron chi connectivity index (χ4n) is 3.64. The van der Waals surface area contributed by atoms with Crippen LogP contribution in [0.1, 0.15) is 23.7 Å². The number of rotatable bonds is 3. The van der Waals surface area contributed by atoms with Crippen LogP contribution in [0, 0.1) is 5.41 Å². The minimum absolute atomic E-state index is 0.0146. The Morgan fingerprint density at radius 1 is 1.15 bits per heavy atom. The van der Waals surface area contributed by atoms with Gasteiger partial charge in [0.2, 0.25) is 0 Å². The van der Waals surface area contributed by atoms with Gasteiger partial charge >= 0.3 is 0 Å². The lowest BCUT2D eigenvalue weighted by Crippen LogP contribution is -2.34. The van der Waals surface area contributed by atoms with E-state index in [4.69, 9.17) is 10.7 Å². The van der Waals surface area contributed by atoms with Crippen LogP contribution in [0.2, 0.25) is 0 Å². The summed E-state index contributed by atoms with van der Waals surface area (Å²) in [7, 11) is 0. The molecule has 0 bridgehead atoms. The van der Waals surface area contributed by atoms with Crippen LogP contribution in [0.25, 0.3) is 22.2 Å². The third-order valence-electron chi connectivity index (χ3n) is 5.35. The van der Waals surface area contributed by atoms with Gasteiger partial charge in [0, 0.05) is 24.0 Å². The van der Waals surface area contributed by atoms with Gasteiger partial charge in [-0.15, -0.1) is 0 Å². The van der Waals surface area contributed by atoms with Crippen molar-refractivity contribution in [1.82, 2.24) is 9.88 Å². The summed E-state index contributed by atoms with van der Waals surface area (Å²) in [6.07, 6.45) is 0.948. The van der Waals surface area contributed by atoms with Crippen LogP contribution in [0.4, 0.5) is 0 Å². The third-order valence-corrected chi connectivity index (χ3v) is 5.35. The van der Waals surface area contributed by atoms with E-state index in [1.807, 2.05) is 65.6 Å². The van der Waals surface area contributed by atoms with E-state index in [0.717, 1.165) is 40.7 Å². The minimum atomic E-state index is 0.0146. The van der Waals surface area contributed by atoms with Crippen LogP contribution in [-0.4, -0.2) is 35.4 Å². The molecular weight excluding hydrogens is 322 g/mol. The maximum Gasteiger partial charge on any atom is 0.254 e. The second-order valence-corrected chi connectivity index (χ2v) is 7.43. The number of nitrogens with two attached hydrogens (primary N) is 1. The average Bonchev–Trinajstić information content (AvgIpc) is 3.10. The first-order valence-corrected chi connectivity index (χ1v) is 9.04. The molecule has 2 heterocycles. The molecule has 2 aromatic carbocycles. The molecule has 2 N–H and O–H groups in total. The zero-order valence-corrected chi connectivity index (χ0v) is 15.0. The van der Waals surface area contributed by atoms with E-state index in [2.05, 4.69) is 6.92 Å². The standard InChI is InChI=1S/C22H23N3O/c1-22(14-23)11-12-25(15-22)21(26)18-13-20(16-7-3-2-4-8-16)24-19-10-6-5-9-17(18)19/h2-10,13H,11-12,14-15,23H2,1H3. The Kier molecular flexibility index (Phi) is 4.21. The predicted molar refractivity (Wildman–Crippen MR) is 105 cm³/mol. The third kappa shape index (κ3) is 2.97. The molecule has 1 aromatic heterocycles. The van der Waals surface area contributed by atoms with Crippen LogP contribution in [0.5, 0.6) is 0 Å². The van der Waals surface area contributed by atoms with E-state index in [1.165, 1.54) is 0 Å². The Labute approximate surface area is 153 Å². The number of pyridine rings is 1. The maximum atomic E-state index is 13.3. The molecule has 0 radical (unpaired) electrons. The molecule has 26 heavy (non-hydrogen) atoms. The fourth-order valence-corrected chi connectivity index (χ4v) is 3.64. The monoisotopic (exact) mass is 345 g/mol. The van der Waals surface area contributed by atoms with Crippen molar-refractivity contribution in [2.45, 2.75) is 13.3 Å². The molecule has 1 aliphatic rings. The van der Waals surface area contributed by atoms with Crippen molar-refractivity contribution in [3.63, 3.8) is 0 Å². The number of hydrogen-bond acceptors (Lipinski definition) is 3. The van der Waals surface area contributed by atoms with Crippen molar-refractivity contribution in [3.8, 4) is 11.3 Å². The lowest BCUT2D eigenvalue weighted by atomic mass is 9.90. The highest BCUT2D eigenvalue weighted by atomic mass is 16.2. The molecule has 3 aromatic rings. The highest BCUT2D eigenvalue weighted by Gasteiger charge is 2.35. The SMILES string of the molecule is CC1(CN)CCN(C(=O)c2cc(-c3ccccc3)nc3ccccc23)C1. The maximum absolute atomic E-state index is 13.3. The summed E-state index contributed by atoms with van der Waals surface area (Å²) in [4.78, 5) is 20.0. The van der Waals surface area contributed by atoms with Crippen LogP contribution in [-0.2, 0) is 0 Å². The topological polar surface area (TPSA) is 59.2 Å². The highest BCUT2D eigenvalue weighted by Crippen LogP contribution is 2.31. The molecular formula is C22H23N3O. The van der Waals surface area contributed by atoms with Gasteiger partial charge in [-0.1, -0.05) is 55.5 Å². The van der Waals surface area contributed by atoms with Gasteiger partial charge in [0.05, 0.1) is 16.8 Å². The number of hydrogen-bond donors (Lipinski definition) is 1. The van der Waals surface area contributed by atoms with E-state index in [-0.39, 0.29) is 11.3 Å². The van der Waals surface area contributed by atoms with Gasteiger partial charge in [0.25, 0.3) is 5.91 Å². The van der Waals surface area contributed by atoms with Crippen LogP contribution < -0.4 is 5.73 Å². The number of likely N-dealkylation sites (tertiary alicyclic amines) is 1. The minimum Gasteiger partial charge on any atom is -0.338 e. The number of carbonyl (C=O) groups excluding carboxylic acids is 1. The van der Waals surface area contributed by atoms with E-state index >= 15 is 0 Å². The second kappa shape index (κ2) is 6.54. The molecule has 1 amide bonds. The molecule has 132 valence electrons. The Hall–Kier alpha value is -2.72. The van der Waals surface area contributed by atoms with E-state index in [0.29, 0.717) is 13.1 Å². The van der Waals surface area contributed by atoms with E-state index in [1.54, 1.807) is 0 Å². The smallest absolute Gasteiger partial charge is 0.254 e. The first kappa shape index (κ1) is 16.7. The number of amides is 1. The lowest BCUT2D eigenvalue weighted by Gasteiger charge is -2.23. The Balaban J connectivity index is 1.80. The molecule has 1 fully saturated rings. The number of para-hydroxylation sites is 1. The summed E-state index contributed by atoms with van der Waals surface area (Å²) < 4.78 is 0. The van der Waals surface area contributed by atoms with Gasteiger partial charge in [-0.25, -0.2) is 4.98 Å². The van der Waals surface area contributed by atoms with Crippen molar-refractivity contribution < 1.29 is 4.79 Å². The molecule has 1 aliphatic heterocycles. The summed E-state index contributed by atoms with van der Waals surface area (Å²) in [6, 6.07) is 19.8. The van der Waals surface area contributed by atoms with Crippen LogP contribution >= 0.6 is 0 Å². The molecule has 1 saturated heterocycles. The Morgan fingerprint density at radius 2 is 1.88 bits per heavy atom. The van der Waals surface area contributed by atoms with Gasteiger partial charge in [-0.3, -0.25) is 4.79 Å². The molecule has 1 atom stereocenters. The van der Waals surface area contributed by atoms with Crippen LogP contribution in [0.3, 0.4) is 0 Å². The Morgan fingerprint density at radius 3 is 2.62 bits per heavy atom. The first-order chi connectivity index (χ1) is 12.6. The van der Waals surface area contributed by atoms with Gasteiger partial charge < -0.3 is 10.6 Å². The molecule has 1 unspecified atom stereocenters. The summed E-state index contributed by atoms with van der Waals surface area (Å²) >= 11 is 0. The average molecular weight is 345 g/mol. The zero-order valence-electron chi connectivity index (χ0n) is 15.0. The van der Waals surface area contributed by atoms with Crippen LogP contribution in [0.15, 0.2) is 60.7 Å². The predicted octanol–water partition coefficient (Wildman–Crippen LogP) is 3.71. The number of fused-ring (bicyclic) bond motifs is 1.